The molecule has 2 N–H and O–H groups in total. The third-order valence-corrected chi connectivity index (χ3v) is 3.57. The summed E-state index contributed by atoms with van der Waals surface area (Å²) in [6.07, 6.45) is 6.66. The standard InChI is InChI=1S/C14H28N4.HI/c1-5-18(6-2)12(3)11-16-14(15-4)17-13-9-7-8-10-13;/h7-8,12-13H,5-6,9-11H2,1-4H3,(H2,15,16,17);1H. The Bertz CT molecular complexity index is 279. The smallest absolute Gasteiger partial charge is 0.191 e. The van der Waals surface area contributed by atoms with Crippen molar-refractivity contribution in [3.05, 3.63) is 12.2 Å². The maximum Gasteiger partial charge on any atom is 0.191 e. The van der Waals surface area contributed by atoms with Gasteiger partial charge in [-0.05, 0) is 32.9 Å². The first-order valence-electron chi connectivity index (χ1n) is 7.07. The van der Waals surface area contributed by atoms with Crippen LogP contribution in [0.25, 0.3) is 0 Å². The Morgan fingerprint density at radius 3 is 2.37 bits per heavy atom. The molecule has 1 aliphatic carbocycles. The van der Waals surface area contributed by atoms with Crippen molar-refractivity contribution < 1.29 is 0 Å². The number of guanidine groups is 1. The normalized spacial score (nSPS) is 17.4. The van der Waals surface area contributed by atoms with Gasteiger partial charge in [0.15, 0.2) is 5.96 Å². The minimum atomic E-state index is 0. The number of nitrogens with one attached hydrogen (secondary N) is 2. The average Bonchev–Trinajstić information content (AvgIpc) is 2.88. The van der Waals surface area contributed by atoms with Crippen molar-refractivity contribution in [2.24, 2.45) is 4.99 Å². The van der Waals surface area contributed by atoms with Gasteiger partial charge in [-0.15, -0.1) is 24.0 Å². The molecule has 5 heteroatoms. The number of aliphatic imine (C=N–C) groups is 1. The number of hydrogen-bond donors (Lipinski definition) is 2. The quantitative estimate of drug-likeness (QED) is 0.321. The van der Waals surface area contributed by atoms with Gasteiger partial charge in [0.25, 0.3) is 0 Å². The van der Waals surface area contributed by atoms with E-state index in [0.717, 1.165) is 38.4 Å². The van der Waals surface area contributed by atoms with Gasteiger partial charge in [0.05, 0.1) is 0 Å². The molecule has 0 saturated carbocycles. The lowest BCUT2D eigenvalue weighted by molar-refractivity contribution is 0.231. The predicted octanol–water partition coefficient (Wildman–Crippen LogP) is 2.22. The summed E-state index contributed by atoms with van der Waals surface area (Å²) in [5.41, 5.74) is 0. The number of hydrogen-bond acceptors (Lipinski definition) is 2. The summed E-state index contributed by atoms with van der Waals surface area (Å²) >= 11 is 0. The van der Waals surface area contributed by atoms with E-state index in [4.69, 9.17) is 0 Å². The zero-order chi connectivity index (χ0) is 13.4. The molecular formula is C14H29IN4. The topological polar surface area (TPSA) is 39.7 Å². The van der Waals surface area contributed by atoms with Crippen LogP contribution < -0.4 is 10.6 Å². The van der Waals surface area contributed by atoms with Crippen LogP contribution in [0.3, 0.4) is 0 Å². The first kappa shape index (κ1) is 18.7. The second-order valence-corrected chi connectivity index (χ2v) is 4.81. The molecule has 19 heavy (non-hydrogen) atoms. The SMILES string of the molecule is CCN(CC)C(C)CNC(=NC)NC1CC=CC1.I. The van der Waals surface area contributed by atoms with Gasteiger partial charge in [0.1, 0.15) is 0 Å². The largest absolute Gasteiger partial charge is 0.355 e. The third-order valence-electron chi connectivity index (χ3n) is 3.57. The fraction of sp³-hybridized carbons (Fsp3) is 0.786. The monoisotopic (exact) mass is 380 g/mol. The van der Waals surface area contributed by atoms with Gasteiger partial charge >= 0.3 is 0 Å². The van der Waals surface area contributed by atoms with Crippen molar-refractivity contribution in [2.75, 3.05) is 26.7 Å². The van der Waals surface area contributed by atoms with E-state index in [1.165, 1.54) is 0 Å². The van der Waals surface area contributed by atoms with Crippen LogP contribution in [-0.4, -0.2) is 49.6 Å². The lowest BCUT2D eigenvalue weighted by atomic mass is 10.2. The van der Waals surface area contributed by atoms with Crippen LogP contribution >= 0.6 is 24.0 Å². The number of nitrogens with zero attached hydrogens (tertiary/aromatic N) is 2. The van der Waals surface area contributed by atoms with Crippen molar-refractivity contribution in [3.63, 3.8) is 0 Å². The average molecular weight is 380 g/mol. The van der Waals surface area contributed by atoms with Gasteiger partial charge in [0.2, 0.25) is 0 Å². The molecule has 112 valence electrons. The van der Waals surface area contributed by atoms with E-state index in [9.17, 15) is 0 Å². The molecular weight excluding hydrogens is 351 g/mol. The van der Waals surface area contributed by atoms with Crippen LogP contribution in [0.2, 0.25) is 0 Å². The molecule has 1 rings (SSSR count). The minimum Gasteiger partial charge on any atom is -0.355 e. The Kier molecular flexibility index (Phi) is 10.3. The maximum absolute atomic E-state index is 4.28. The lowest BCUT2D eigenvalue weighted by Crippen LogP contribution is -2.48. The van der Waals surface area contributed by atoms with Crippen molar-refractivity contribution in [1.82, 2.24) is 15.5 Å². The molecule has 0 spiro atoms. The first-order chi connectivity index (χ1) is 8.71. The Labute approximate surface area is 135 Å². The molecule has 1 aliphatic rings. The van der Waals surface area contributed by atoms with Crippen LogP contribution in [0.15, 0.2) is 17.1 Å². The summed E-state index contributed by atoms with van der Waals surface area (Å²) in [5, 5.41) is 6.87. The second kappa shape index (κ2) is 10.5. The van der Waals surface area contributed by atoms with Gasteiger partial charge in [-0.2, -0.15) is 0 Å². The molecule has 0 fully saturated rings. The highest BCUT2D eigenvalue weighted by molar-refractivity contribution is 14.0. The van der Waals surface area contributed by atoms with E-state index in [2.05, 4.69) is 53.4 Å². The van der Waals surface area contributed by atoms with E-state index in [-0.39, 0.29) is 24.0 Å². The zero-order valence-electron chi connectivity index (χ0n) is 12.6. The second-order valence-electron chi connectivity index (χ2n) is 4.81. The molecule has 0 aromatic heterocycles. The minimum absolute atomic E-state index is 0. The lowest BCUT2D eigenvalue weighted by Gasteiger charge is -2.27. The molecule has 0 amide bonds. The molecule has 0 bridgehead atoms. The fourth-order valence-electron chi connectivity index (χ4n) is 2.34. The zero-order valence-corrected chi connectivity index (χ0v) is 15.0. The van der Waals surface area contributed by atoms with E-state index in [0.29, 0.717) is 12.1 Å². The number of likely N-dealkylation sites (N-methyl/N-ethyl adjacent to an activating group) is 1. The van der Waals surface area contributed by atoms with Gasteiger partial charge in [-0.3, -0.25) is 9.89 Å². The fourth-order valence-corrected chi connectivity index (χ4v) is 2.34. The third kappa shape index (κ3) is 6.61. The van der Waals surface area contributed by atoms with Crippen LogP contribution in [0, 0.1) is 0 Å². The highest BCUT2D eigenvalue weighted by atomic mass is 127. The van der Waals surface area contributed by atoms with Crippen LogP contribution in [0.5, 0.6) is 0 Å². The van der Waals surface area contributed by atoms with Crippen LogP contribution in [-0.2, 0) is 0 Å². The van der Waals surface area contributed by atoms with Gasteiger partial charge < -0.3 is 10.6 Å². The highest BCUT2D eigenvalue weighted by Crippen LogP contribution is 2.08. The van der Waals surface area contributed by atoms with E-state index in [1.807, 2.05) is 7.05 Å². The Balaban J connectivity index is 0.00000324. The Morgan fingerprint density at radius 2 is 1.89 bits per heavy atom. The summed E-state index contributed by atoms with van der Waals surface area (Å²) in [5.74, 6) is 0.919. The summed E-state index contributed by atoms with van der Waals surface area (Å²) < 4.78 is 0. The van der Waals surface area contributed by atoms with E-state index in [1.54, 1.807) is 0 Å². The molecule has 0 heterocycles. The van der Waals surface area contributed by atoms with Crippen LogP contribution in [0.4, 0.5) is 0 Å². The summed E-state index contributed by atoms with van der Waals surface area (Å²) in [6, 6.07) is 1.04. The molecule has 0 aromatic carbocycles. The van der Waals surface area contributed by atoms with E-state index >= 15 is 0 Å². The van der Waals surface area contributed by atoms with Crippen molar-refractivity contribution >= 4 is 29.9 Å². The highest BCUT2D eigenvalue weighted by Gasteiger charge is 2.13. The summed E-state index contributed by atoms with van der Waals surface area (Å²) in [6.45, 7) is 9.79. The van der Waals surface area contributed by atoms with Gasteiger partial charge in [0, 0.05) is 25.7 Å². The predicted molar refractivity (Wildman–Crippen MR) is 94.5 cm³/mol. The Morgan fingerprint density at radius 1 is 1.32 bits per heavy atom. The van der Waals surface area contributed by atoms with Gasteiger partial charge in [-0.25, -0.2) is 0 Å². The number of rotatable bonds is 6. The summed E-state index contributed by atoms with van der Waals surface area (Å²) in [4.78, 5) is 6.72. The maximum atomic E-state index is 4.28. The Hall–Kier alpha value is -0.300. The molecule has 1 atom stereocenters. The van der Waals surface area contributed by atoms with Gasteiger partial charge in [-0.1, -0.05) is 26.0 Å². The number of halogens is 1. The molecule has 0 aromatic rings. The molecule has 1 unspecified atom stereocenters. The molecule has 0 radical (unpaired) electrons. The molecule has 0 saturated heterocycles. The molecule has 0 aliphatic heterocycles. The molecule has 4 nitrogen and oxygen atoms in total. The van der Waals surface area contributed by atoms with Crippen LogP contribution in [0.1, 0.15) is 33.6 Å². The van der Waals surface area contributed by atoms with E-state index < -0.39 is 0 Å². The first-order valence-corrected chi connectivity index (χ1v) is 7.07. The van der Waals surface area contributed by atoms with Crippen molar-refractivity contribution in [3.8, 4) is 0 Å². The van der Waals surface area contributed by atoms with Crippen molar-refractivity contribution in [2.45, 2.75) is 45.7 Å². The van der Waals surface area contributed by atoms with Crippen molar-refractivity contribution in [1.29, 1.82) is 0 Å². The summed E-state index contributed by atoms with van der Waals surface area (Å²) in [7, 11) is 1.83.